The fourth-order valence-corrected chi connectivity index (χ4v) is 2.06. The van der Waals surface area contributed by atoms with Crippen LogP contribution in [-0.4, -0.2) is 24.5 Å². The van der Waals surface area contributed by atoms with E-state index >= 15 is 0 Å². The Kier molecular flexibility index (Phi) is 3.60. The molecule has 1 aromatic rings. The molecule has 0 unspecified atom stereocenters. The van der Waals surface area contributed by atoms with Crippen LogP contribution in [-0.2, 0) is 10.1 Å². The highest BCUT2D eigenvalue weighted by Gasteiger charge is 2.20. The second kappa shape index (κ2) is 4.55. The van der Waals surface area contributed by atoms with Crippen molar-refractivity contribution in [3.8, 4) is 0 Å². The predicted molar refractivity (Wildman–Crippen MR) is 56.4 cm³/mol. The molecule has 1 atom stereocenters. The van der Waals surface area contributed by atoms with Gasteiger partial charge in [-0.3, -0.25) is 9.35 Å². The highest BCUT2D eigenvalue weighted by atomic mass is 32.2. The van der Waals surface area contributed by atoms with E-state index in [9.17, 15) is 13.2 Å². The monoisotopic (exact) mass is 228 g/mol. The molecule has 0 bridgehead atoms. The Morgan fingerprint density at radius 3 is 2.33 bits per heavy atom. The third-order valence-electron chi connectivity index (χ3n) is 1.97. The molecular formula is C10H12O4S. The summed E-state index contributed by atoms with van der Waals surface area (Å²) in [6, 6.07) is 8.40. The number of benzene rings is 1. The van der Waals surface area contributed by atoms with Gasteiger partial charge in [0.2, 0.25) is 0 Å². The summed E-state index contributed by atoms with van der Waals surface area (Å²) in [5.74, 6) is -1.56. The average Bonchev–Trinajstić information content (AvgIpc) is 2.15. The molecule has 15 heavy (non-hydrogen) atoms. The first-order chi connectivity index (χ1) is 6.90. The molecule has 82 valence electrons. The third-order valence-corrected chi connectivity index (χ3v) is 2.89. The molecule has 0 aliphatic heterocycles. The van der Waals surface area contributed by atoms with Crippen LogP contribution in [0.3, 0.4) is 0 Å². The van der Waals surface area contributed by atoms with Crippen molar-refractivity contribution in [3.05, 3.63) is 35.9 Å². The van der Waals surface area contributed by atoms with E-state index in [-0.39, 0.29) is 5.78 Å². The van der Waals surface area contributed by atoms with E-state index in [0.29, 0.717) is 5.56 Å². The van der Waals surface area contributed by atoms with E-state index in [1.807, 2.05) is 0 Å². The first kappa shape index (κ1) is 11.9. The second-order valence-electron chi connectivity index (χ2n) is 3.38. The zero-order valence-corrected chi connectivity index (χ0v) is 9.07. The van der Waals surface area contributed by atoms with Crippen LogP contribution in [0.25, 0.3) is 0 Å². The smallest absolute Gasteiger partial charge is 0.265 e. The van der Waals surface area contributed by atoms with Crippen molar-refractivity contribution in [2.24, 2.45) is 5.92 Å². The lowest BCUT2D eigenvalue weighted by molar-refractivity contribution is 0.0939. The van der Waals surface area contributed by atoms with Crippen LogP contribution < -0.4 is 0 Å². The SMILES string of the molecule is C[C@@H](CS(=O)(=O)O)C(=O)c1ccccc1. The summed E-state index contributed by atoms with van der Waals surface area (Å²) in [5.41, 5.74) is 0.452. The molecule has 1 rings (SSSR count). The van der Waals surface area contributed by atoms with Gasteiger partial charge in [0.1, 0.15) is 0 Å². The van der Waals surface area contributed by atoms with Gasteiger partial charge in [0.15, 0.2) is 5.78 Å². The first-order valence-corrected chi connectivity index (χ1v) is 6.05. The van der Waals surface area contributed by atoms with Crippen LogP contribution in [0.1, 0.15) is 17.3 Å². The Morgan fingerprint density at radius 2 is 1.87 bits per heavy atom. The summed E-state index contributed by atoms with van der Waals surface area (Å²) < 4.78 is 29.8. The number of Topliss-reactive ketones (excluding diaryl/α,β-unsaturated/α-hetero) is 1. The van der Waals surface area contributed by atoms with Crippen LogP contribution in [0, 0.1) is 5.92 Å². The Labute approximate surface area is 88.7 Å². The van der Waals surface area contributed by atoms with Crippen LogP contribution in [0.4, 0.5) is 0 Å². The summed E-state index contributed by atoms with van der Waals surface area (Å²) in [6.45, 7) is 1.48. The fraction of sp³-hybridized carbons (Fsp3) is 0.300. The summed E-state index contributed by atoms with van der Waals surface area (Å²) in [4.78, 5) is 11.6. The highest BCUT2D eigenvalue weighted by molar-refractivity contribution is 7.85. The lowest BCUT2D eigenvalue weighted by Gasteiger charge is -2.07. The molecule has 0 fully saturated rings. The van der Waals surface area contributed by atoms with Crippen molar-refractivity contribution < 1.29 is 17.8 Å². The fourth-order valence-electron chi connectivity index (χ4n) is 1.28. The molecule has 0 heterocycles. The molecule has 4 nitrogen and oxygen atoms in total. The lowest BCUT2D eigenvalue weighted by Crippen LogP contribution is -2.20. The number of hydrogen-bond donors (Lipinski definition) is 1. The molecule has 5 heteroatoms. The van der Waals surface area contributed by atoms with E-state index in [2.05, 4.69) is 0 Å². The third kappa shape index (κ3) is 3.81. The first-order valence-electron chi connectivity index (χ1n) is 4.44. The van der Waals surface area contributed by atoms with Crippen molar-refractivity contribution in [1.82, 2.24) is 0 Å². The maximum absolute atomic E-state index is 11.6. The molecule has 0 aliphatic carbocycles. The molecule has 1 N–H and O–H groups in total. The number of carbonyl (C=O) groups excluding carboxylic acids is 1. The van der Waals surface area contributed by atoms with Gasteiger partial charge in [-0.05, 0) is 0 Å². The molecular weight excluding hydrogens is 216 g/mol. The summed E-state index contributed by atoms with van der Waals surface area (Å²) >= 11 is 0. The molecule has 0 aromatic heterocycles. The molecule has 1 aromatic carbocycles. The summed E-state index contributed by atoms with van der Waals surface area (Å²) in [7, 11) is -4.10. The van der Waals surface area contributed by atoms with Gasteiger partial charge in [-0.2, -0.15) is 8.42 Å². The molecule has 0 amide bonds. The van der Waals surface area contributed by atoms with E-state index in [1.165, 1.54) is 6.92 Å². The van der Waals surface area contributed by atoms with E-state index in [1.54, 1.807) is 30.3 Å². The Hall–Kier alpha value is -1.20. The Morgan fingerprint density at radius 1 is 1.33 bits per heavy atom. The van der Waals surface area contributed by atoms with Crippen molar-refractivity contribution in [2.45, 2.75) is 6.92 Å². The summed E-state index contributed by atoms with van der Waals surface area (Å²) in [5, 5.41) is 0. The van der Waals surface area contributed by atoms with Crippen molar-refractivity contribution in [1.29, 1.82) is 0 Å². The maximum Gasteiger partial charge on any atom is 0.265 e. The second-order valence-corrected chi connectivity index (χ2v) is 4.88. The van der Waals surface area contributed by atoms with Crippen molar-refractivity contribution >= 4 is 15.9 Å². The van der Waals surface area contributed by atoms with Crippen LogP contribution >= 0.6 is 0 Å². The molecule has 0 radical (unpaired) electrons. The number of hydrogen-bond acceptors (Lipinski definition) is 3. The van der Waals surface area contributed by atoms with Gasteiger partial charge in [-0.15, -0.1) is 0 Å². The van der Waals surface area contributed by atoms with Gasteiger partial charge in [0.05, 0.1) is 5.75 Å². The quantitative estimate of drug-likeness (QED) is 0.624. The largest absolute Gasteiger partial charge is 0.294 e. The standard InChI is InChI=1S/C10H12O4S/c1-8(7-15(12,13)14)10(11)9-5-3-2-4-6-9/h2-6,8H,7H2,1H3,(H,12,13,14)/t8-/m0/s1. The lowest BCUT2D eigenvalue weighted by atomic mass is 10.0. The minimum atomic E-state index is -4.10. The normalized spacial score (nSPS) is 13.5. The van der Waals surface area contributed by atoms with Crippen LogP contribution in [0.2, 0.25) is 0 Å². The molecule has 0 spiro atoms. The van der Waals surface area contributed by atoms with Gasteiger partial charge in [-0.1, -0.05) is 37.3 Å². The zero-order valence-electron chi connectivity index (χ0n) is 8.25. The van der Waals surface area contributed by atoms with E-state index in [0.717, 1.165) is 0 Å². The molecule has 0 aliphatic rings. The van der Waals surface area contributed by atoms with Crippen LogP contribution in [0.5, 0.6) is 0 Å². The van der Waals surface area contributed by atoms with Crippen molar-refractivity contribution in [2.75, 3.05) is 5.75 Å². The highest BCUT2D eigenvalue weighted by Crippen LogP contribution is 2.10. The number of rotatable bonds is 4. The van der Waals surface area contributed by atoms with E-state index in [4.69, 9.17) is 4.55 Å². The predicted octanol–water partition coefficient (Wildman–Crippen LogP) is 1.39. The maximum atomic E-state index is 11.6. The van der Waals surface area contributed by atoms with Crippen LogP contribution in [0.15, 0.2) is 30.3 Å². The zero-order chi connectivity index (χ0) is 11.5. The number of carbonyl (C=O) groups is 1. The van der Waals surface area contributed by atoms with Gasteiger partial charge in [0.25, 0.3) is 10.1 Å². The van der Waals surface area contributed by atoms with E-state index < -0.39 is 21.8 Å². The summed E-state index contributed by atoms with van der Waals surface area (Å²) in [6.07, 6.45) is 0. The minimum Gasteiger partial charge on any atom is -0.294 e. The topological polar surface area (TPSA) is 71.4 Å². The Balaban J connectivity index is 2.79. The Bertz CT molecular complexity index is 436. The average molecular weight is 228 g/mol. The van der Waals surface area contributed by atoms with Gasteiger partial charge < -0.3 is 0 Å². The number of ketones is 1. The van der Waals surface area contributed by atoms with Gasteiger partial charge in [0, 0.05) is 11.5 Å². The van der Waals surface area contributed by atoms with Gasteiger partial charge >= 0.3 is 0 Å². The van der Waals surface area contributed by atoms with Crippen molar-refractivity contribution in [3.63, 3.8) is 0 Å². The molecule has 0 saturated carbocycles. The van der Waals surface area contributed by atoms with Gasteiger partial charge in [-0.25, -0.2) is 0 Å². The molecule has 0 saturated heterocycles. The minimum absolute atomic E-state index is 0.284.